The maximum atomic E-state index is 10.2. The molecule has 1 aliphatic rings. The van der Waals surface area contributed by atoms with Crippen molar-refractivity contribution in [1.82, 2.24) is 10.2 Å². The minimum Gasteiger partial charge on any atom is -0.388 e. The number of aryl methyl sites for hydroxylation is 1. The predicted octanol–water partition coefficient (Wildman–Crippen LogP) is 2.31. The summed E-state index contributed by atoms with van der Waals surface area (Å²) in [5.74, 6) is 0.862. The van der Waals surface area contributed by atoms with E-state index >= 15 is 0 Å². The number of rotatable bonds is 5. The van der Waals surface area contributed by atoms with Crippen LogP contribution in [-0.4, -0.2) is 41.7 Å². The Hall–Kier alpha value is -1.55. The molecule has 0 aromatic heterocycles. The first-order chi connectivity index (χ1) is 10.0. The highest BCUT2D eigenvalue weighted by Crippen LogP contribution is 2.31. The van der Waals surface area contributed by atoms with Crippen LogP contribution < -0.4 is 5.32 Å². The highest BCUT2D eigenvalue weighted by atomic mass is 16.3. The second kappa shape index (κ2) is 6.94. The fraction of sp³-hybridized carbons (Fsp3) is 0.588. The van der Waals surface area contributed by atoms with E-state index in [-0.39, 0.29) is 0 Å². The summed E-state index contributed by atoms with van der Waals surface area (Å²) in [4.78, 5) is 6.73. The monoisotopic (exact) mass is 289 g/mol. The smallest absolute Gasteiger partial charge is 0.194 e. The lowest BCUT2D eigenvalue weighted by Gasteiger charge is -2.35. The number of benzene rings is 1. The molecule has 1 fully saturated rings. The van der Waals surface area contributed by atoms with Gasteiger partial charge in [0.1, 0.15) is 0 Å². The summed E-state index contributed by atoms with van der Waals surface area (Å²) in [6, 6.07) is 8.40. The van der Waals surface area contributed by atoms with Crippen molar-refractivity contribution in [1.29, 1.82) is 0 Å². The topological polar surface area (TPSA) is 47.9 Å². The van der Waals surface area contributed by atoms with Gasteiger partial charge in [-0.2, -0.15) is 0 Å². The van der Waals surface area contributed by atoms with Crippen molar-refractivity contribution in [3.05, 3.63) is 35.4 Å². The zero-order valence-electron chi connectivity index (χ0n) is 13.4. The zero-order chi connectivity index (χ0) is 15.3. The molecule has 1 saturated carbocycles. The average molecular weight is 289 g/mol. The fourth-order valence-corrected chi connectivity index (χ4v) is 2.55. The minimum atomic E-state index is -0.565. The van der Waals surface area contributed by atoms with Crippen LogP contribution in [0.4, 0.5) is 0 Å². The molecule has 4 heteroatoms. The van der Waals surface area contributed by atoms with Gasteiger partial charge in [-0.3, -0.25) is 4.99 Å². The van der Waals surface area contributed by atoms with Crippen LogP contribution in [0, 0.1) is 6.92 Å². The maximum Gasteiger partial charge on any atom is 0.194 e. The quantitative estimate of drug-likeness (QED) is 0.646. The van der Waals surface area contributed by atoms with Gasteiger partial charge >= 0.3 is 0 Å². The molecular formula is C17H27N3O. The van der Waals surface area contributed by atoms with Gasteiger partial charge in [-0.15, -0.1) is 0 Å². The Morgan fingerprint density at radius 3 is 2.67 bits per heavy atom. The molecule has 0 bridgehead atoms. The molecular weight excluding hydrogens is 262 g/mol. The van der Waals surface area contributed by atoms with E-state index in [9.17, 15) is 5.11 Å². The van der Waals surface area contributed by atoms with Gasteiger partial charge in [0.2, 0.25) is 0 Å². The Balaban J connectivity index is 2.02. The summed E-state index contributed by atoms with van der Waals surface area (Å²) in [5, 5.41) is 13.5. The summed E-state index contributed by atoms with van der Waals surface area (Å²) in [7, 11) is 2.04. The third kappa shape index (κ3) is 4.21. The SMILES string of the molecule is CCNC(=NCC1(O)CCC1)N(C)Cc1ccccc1C. The van der Waals surface area contributed by atoms with E-state index in [1.165, 1.54) is 11.1 Å². The van der Waals surface area contributed by atoms with Gasteiger partial charge in [0, 0.05) is 20.1 Å². The van der Waals surface area contributed by atoms with Gasteiger partial charge in [-0.25, -0.2) is 0 Å². The highest BCUT2D eigenvalue weighted by Gasteiger charge is 2.34. The number of aliphatic hydroxyl groups is 1. The standard InChI is InChI=1S/C17H27N3O/c1-4-18-16(19-13-17(21)10-7-11-17)20(3)12-15-9-6-5-8-14(15)2/h5-6,8-9,21H,4,7,10-13H2,1-3H3,(H,18,19). The first-order valence-corrected chi connectivity index (χ1v) is 7.80. The number of aliphatic imine (C=N–C) groups is 1. The Labute approximate surface area is 127 Å². The van der Waals surface area contributed by atoms with E-state index in [4.69, 9.17) is 0 Å². The lowest BCUT2D eigenvalue weighted by Crippen LogP contribution is -2.43. The molecule has 0 heterocycles. The van der Waals surface area contributed by atoms with Crippen molar-refractivity contribution in [2.45, 2.75) is 45.3 Å². The molecule has 4 nitrogen and oxygen atoms in total. The van der Waals surface area contributed by atoms with Crippen LogP contribution in [0.25, 0.3) is 0 Å². The summed E-state index contributed by atoms with van der Waals surface area (Å²) in [6.07, 6.45) is 2.86. The second-order valence-corrected chi connectivity index (χ2v) is 6.03. The summed E-state index contributed by atoms with van der Waals surface area (Å²) in [5.41, 5.74) is 2.02. The predicted molar refractivity (Wildman–Crippen MR) is 87.4 cm³/mol. The van der Waals surface area contributed by atoms with Crippen LogP contribution in [0.2, 0.25) is 0 Å². The van der Waals surface area contributed by atoms with E-state index in [1.807, 2.05) is 7.05 Å². The lowest BCUT2D eigenvalue weighted by molar-refractivity contribution is -0.0237. The third-order valence-electron chi connectivity index (χ3n) is 4.17. The minimum absolute atomic E-state index is 0.493. The van der Waals surface area contributed by atoms with Crippen LogP contribution in [0.15, 0.2) is 29.3 Å². The van der Waals surface area contributed by atoms with E-state index in [2.05, 4.69) is 53.3 Å². The van der Waals surface area contributed by atoms with Crippen molar-refractivity contribution >= 4 is 5.96 Å². The molecule has 0 atom stereocenters. The van der Waals surface area contributed by atoms with Crippen molar-refractivity contribution in [3.8, 4) is 0 Å². The number of hydrogen-bond donors (Lipinski definition) is 2. The highest BCUT2D eigenvalue weighted by molar-refractivity contribution is 5.79. The van der Waals surface area contributed by atoms with Crippen LogP contribution in [0.1, 0.15) is 37.3 Å². The van der Waals surface area contributed by atoms with Crippen molar-refractivity contribution < 1.29 is 5.11 Å². The number of nitrogens with zero attached hydrogens (tertiary/aromatic N) is 2. The number of guanidine groups is 1. The normalized spacial score (nSPS) is 17.2. The van der Waals surface area contributed by atoms with Gasteiger partial charge in [0.25, 0.3) is 0 Å². The third-order valence-corrected chi connectivity index (χ3v) is 4.17. The molecule has 0 amide bonds. The zero-order valence-corrected chi connectivity index (χ0v) is 13.4. The Morgan fingerprint density at radius 1 is 1.38 bits per heavy atom. The van der Waals surface area contributed by atoms with E-state index in [0.717, 1.165) is 38.3 Å². The molecule has 1 aromatic carbocycles. The van der Waals surface area contributed by atoms with Gasteiger partial charge < -0.3 is 15.3 Å². The largest absolute Gasteiger partial charge is 0.388 e. The van der Waals surface area contributed by atoms with Gasteiger partial charge in [0.05, 0.1) is 12.1 Å². The molecule has 0 unspecified atom stereocenters. The maximum absolute atomic E-state index is 10.2. The van der Waals surface area contributed by atoms with Crippen molar-refractivity contribution in [3.63, 3.8) is 0 Å². The summed E-state index contributed by atoms with van der Waals surface area (Å²) < 4.78 is 0. The van der Waals surface area contributed by atoms with E-state index in [1.54, 1.807) is 0 Å². The molecule has 0 saturated heterocycles. The van der Waals surface area contributed by atoms with Crippen LogP contribution >= 0.6 is 0 Å². The molecule has 1 aliphatic carbocycles. The average Bonchev–Trinajstić information content (AvgIpc) is 2.43. The van der Waals surface area contributed by atoms with Gasteiger partial charge in [-0.05, 0) is 44.2 Å². The molecule has 116 valence electrons. The van der Waals surface area contributed by atoms with Crippen LogP contribution in [0.5, 0.6) is 0 Å². The molecule has 0 spiro atoms. The fourth-order valence-electron chi connectivity index (χ4n) is 2.55. The van der Waals surface area contributed by atoms with Crippen molar-refractivity contribution in [2.75, 3.05) is 20.1 Å². The van der Waals surface area contributed by atoms with E-state index in [0.29, 0.717) is 6.54 Å². The molecule has 1 aromatic rings. The first kappa shape index (κ1) is 15.8. The first-order valence-electron chi connectivity index (χ1n) is 7.80. The summed E-state index contributed by atoms with van der Waals surface area (Å²) >= 11 is 0. The summed E-state index contributed by atoms with van der Waals surface area (Å²) in [6.45, 7) is 6.33. The van der Waals surface area contributed by atoms with Gasteiger partial charge in [0.15, 0.2) is 5.96 Å². The Morgan fingerprint density at radius 2 is 2.10 bits per heavy atom. The second-order valence-electron chi connectivity index (χ2n) is 6.03. The molecule has 0 aliphatic heterocycles. The van der Waals surface area contributed by atoms with Crippen LogP contribution in [-0.2, 0) is 6.54 Å². The van der Waals surface area contributed by atoms with Crippen LogP contribution in [0.3, 0.4) is 0 Å². The Bertz CT molecular complexity index is 495. The number of nitrogens with one attached hydrogen (secondary N) is 1. The molecule has 2 rings (SSSR count). The lowest BCUT2D eigenvalue weighted by atomic mass is 9.80. The molecule has 21 heavy (non-hydrogen) atoms. The van der Waals surface area contributed by atoms with Gasteiger partial charge in [-0.1, -0.05) is 24.3 Å². The van der Waals surface area contributed by atoms with Crippen molar-refractivity contribution in [2.24, 2.45) is 4.99 Å². The molecule has 0 radical (unpaired) electrons. The Kier molecular flexibility index (Phi) is 5.23. The van der Waals surface area contributed by atoms with E-state index < -0.39 is 5.60 Å². The number of hydrogen-bond acceptors (Lipinski definition) is 2. The molecule has 2 N–H and O–H groups in total.